The number of Topliss-reactive ketones (excluding diaryl/α,β-unsaturated/α-hetero) is 1. The van der Waals surface area contributed by atoms with Gasteiger partial charge in [0.05, 0.1) is 0 Å². The van der Waals surface area contributed by atoms with Crippen LogP contribution in [0.4, 0.5) is 0 Å². The molecule has 1 aliphatic rings. The molecule has 0 saturated heterocycles. The third kappa shape index (κ3) is 8.52. The second-order valence-corrected chi connectivity index (χ2v) is 11.6. The van der Waals surface area contributed by atoms with Crippen molar-refractivity contribution in [3.05, 3.63) is 165 Å². The number of allylic oxidation sites excluding steroid dienone is 11. The molecule has 0 fully saturated rings. The van der Waals surface area contributed by atoms with Crippen LogP contribution in [0.15, 0.2) is 131 Å². The maximum Gasteiger partial charge on any atom is 0.188 e. The molecular formula is C41H44O2. The first-order valence-electron chi connectivity index (χ1n) is 15.0. The normalized spacial score (nSPS) is 13.6. The first kappa shape index (κ1) is 33.0. The van der Waals surface area contributed by atoms with Gasteiger partial charge < -0.3 is 0 Å². The molecule has 1 unspecified atom stereocenters. The van der Waals surface area contributed by atoms with Crippen LogP contribution in [-0.2, 0) is 6.42 Å². The molecule has 1 aliphatic carbocycles. The van der Waals surface area contributed by atoms with Crippen molar-refractivity contribution >= 4 is 11.6 Å². The van der Waals surface area contributed by atoms with E-state index in [1.807, 2.05) is 62.4 Å². The van der Waals surface area contributed by atoms with Crippen molar-refractivity contribution < 1.29 is 9.59 Å². The highest BCUT2D eigenvalue weighted by Gasteiger charge is 2.20. The van der Waals surface area contributed by atoms with Gasteiger partial charge in [0.15, 0.2) is 11.6 Å². The molecule has 0 bridgehead atoms. The molecule has 0 aliphatic heterocycles. The fourth-order valence-corrected chi connectivity index (χ4v) is 5.41. The molecule has 0 radical (unpaired) electrons. The lowest BCUT2D eigenvalue weighted by molar-refractivity contribution is 0.102. The number of aryl methyl sites for hydroxylation is 3. The van der Waals surface area contributed by atoms with E-state index in [9.17, 15) is 9.59 Å². The summed E-state index contributed by atoms with van der Waals surface area (Å²) in [6, 6.07) is 11.8. The SMILES string of the molecule is C=C=C(C=CCC)CC(=C)C(=O)c1ccc(CC(C)C(=C=C)C2=C(C)CC(/C=C\C(=O)c3cc(C)c(C)cc3C)=C2)cc1. The Balaban J connectivity index is 1.68. The van der Waals surface area contributed by atoms with Gasteiger partial charge in [0, 0.05) is 23.1 Å². The van der Waals surface area contributed by atoms with Gasteiger partial charge in [-0.05, 0) is 110 Å². The third-order valence-corrected chi connectivity index (χ3v) is 8.05. The predicted octanol–water partition coefficient (Wildman–Crippen LogP) is 10.4. The molecule has 2 aromatic rings. The molecule has 0 heterocycles. The lowest BCUT2D eigenvalue weighted by Crippen LogP contribution is -2.06. The molecule has 220 valence electrons. The zero-order valence-corrected chi connectivity index (χ0v) is 26.7. The maximum absolute atomic E-state index is 13.0. The standard InChI is InChI=1S/C41H44O2/c1-10-13-14-33(11-2)24-32(9)41(43)36-18-15-34(16-19-36)22-30(7)37(12-3)38-26-35(23-31(38)8)17-20-40(42)39-25-28(5)27(4)21-29(39)6/h13-21,25-26,30H,2-3,9-10,22-24H2,1,4-8H3/b14-13?,20-17-. The molecule has 2 heteroatoms. The van der Waals surface area contributed by atoms with Crippen LogP contribution in [0, 0.1) is 26.7 Å². The maximum atomic E-state index is 13.0. The van der Waals surface area contributed by atoms with Crippen LogP contribution in [0.2, 0.25) is 0 Å². The van der Waals surface area contributed by atoms with E-state index in [-0.39, 0.29) is 17.5 Å². The number of ketones is 2. The van der Waals surface area contributed by atoms with E-state index >= 15 is 0 Å². The smallest absolute Gasteiger partial charge is 0.188 e. The Bertz CT molecular complexity index is 1650. The molecule has 0 spiro atoms. The van der Waals surface area contributed by atoms with Gasteiger partial charge in [0.25, 0.3) is 0 Å². The number of benzene rings is 2. The monoisotopic (exact) mass is 568 g/mol. The summed E-state index contributed by atoms with van der Waals surface area (Å²) in [6.07, 6.45) is 12.7. The Kier molecular flexibility index (Phi) is 11.6. The summed E-state index contributed by atoms with van der Waals surface area (Å²) in [5.74, 6) is 0.133. The van der Waals surface area contributed by atoms with Gasteiger partial charge in [0.1, 0.15) is 0 Å². The summed E-state index contributed by atoms with van der Waals surface area (Å²) in [4.78, 5) is 25.9. The summed E-state index contributed by atoms with van der Waals surface area (Å²) in [7, 11) is 0. The van der Waals surface area contributed by atoms with E-state index in [1.54, 1.807) is 6.08 Å². The van der Waals surface area contributed by atoms with Crippen molar-refractivity contribution in [2.45, 2.75) is 67.2 Å². The number of hydrogen-bond donors (Lipinski definition) is 0. The third-order valence-electron chi connectivity index (χ3n) is 8.05. The fraction of sp³-hybridized carbons (Fsp3) is 0.268. The Morgan fingerprint density at radius 2 is 1.63 bits per heavy atom. The summed E-state index contributed by atoms with van der Waals surface area (Å²) in [5.41, 5.74) is 17.9. The summed E-state index contributed by atoms with van der Waals surface area (Å²) in [6.45, 7) is 24.2. The number of hydrogen-bond acceptors (Lipinski definition) is 2. The Morgan fingerprint density at radius 3 is 2.26 bits per heavy atom. The van der Waals surface area contributed by atoms with E-state index in [4.69, 9.17) is 0 Å². The van der Waals surface area contributed by atoms with Gasteiger partial charge in [-0.15, -0.1) is 11.5 Å². The Morgan fingerprint density at radius 1 is 0.953 bits per heavy atom. The number of rotatable bonds is 13. The van der Waals surface area contributed by atoms with Crippen molar-refractivity contribution in [2.24, 2.45) is 5.92 Å². The van der Waals surface area contributed by atoms with E-state index in [1.165, 1.54) is 11.1 Å². The van der Waals surface area contributed by atoms with Crippen LogP contribution < -0.4 is 0 Å². The van der Waals surface area contributed by atoms with Crippen LogP contribution >= 0.6 is 0 Å². The second-order valence-electron chi connectivity index (χ2n) is 11.6. The topological polar surface area (TPSA) is 34.1 Å². The highest BCUT2D eigenvalue weighted by atomic mass is 16.1. The van der Waals surface area contributed by atoms with Crippen molar-refractivity contribution in [1.29, 1.82) is 0 Å². The van der Waals surface area contributed by atoms with Crippen LogP contribution in [-0.4, -0.2) is 11.6 Å². The first-order valence-corrected chi connectivity index (χ1v) is 15.0. The lowest BCUT2D eigenvalue weighted by atomic mass is 9.87. The number of carbonyl (C=O) groups is 2. The van der Waals surface area contributed by atoms with Crippen LogP contribution in [0.1, 0.15) is 83.0 Å². The van der Waals surface area contributed by atoms with E-state index in [2.05, 4.69) is 71.0 Å². The Labute approximate surface area is 258 Å². The van der Waals surface area contributed by atoms with Crippen molar-refractivity contribution in [3.63, 3.8) is 0 Å². The molecular weight excluding hydrogens is 524 g/mol. The molecule has 2 nitrogen and oxygen atoms in total. The van der Waals surface area contributed by atoms with Gasteiger partial charge in [0.2, 0.25) is 0 Å². The molecule has 3 rings (SSSR count). The van der Waals surface area contributed by atoms with E-state index < -0.39 is 0 Å². The van der Waals surface area contributed by atoms with Gasteiger partial charge in [-0.25, -0.2) is 0 Å². The zero-order chi connectivity index (χ0) is 31.7. The minimum absolute atomic E-state index is 0.0249. The van der Waals surface area contributed by atoms with Crippen LogP contribution in [0.25, 0.3) is 0 Å². The molecule has 2 aromatic carbocycles. The van der Waals surface area contributed by atoms with Crippen LogP contribution in [0.3, 0.4) is 0 Å². The fourth-order valence-electron chi connectivity index (χ4n) is 5.41. The predicted molar refractivity (Wildman–Crippen MR) is 182 cm³/mol. The average Bonchev–Trinajstić information content (AvgIpc) is 3.35. The van der Waals surface area contributed by atoms with Crippen LogP contribution in [0.5, 0.6) is 0 Å². The van der Waals surface area contributed by atoms with E-state index in [0.717, 1.165) is 63.8 Å². The van der Waals surface area contributed by atoms with Gasteiger partial charge in [-0.3, -0.25) is 9.59 Å². The largest absolute Gasteiger partial charge is 0.289 e. The van der Waals surface area contributed by atoms with Crippen molar-refractivity contribution in [1.82, 2.24) is 0 Å². The van der Waals surface area contributed by atoms with Gasteiger partial charge in [-0.1, -0.05) is 93.8 Å². The second kappa shape index (κ2) is 15.1. The molecule has 0 aromatic heterocycles. The molecule has 0 saturated carbocycles. The molecule has 0 N–H and O–H groups in total. The summed E-state index contributed by atoms with van der Waals surface area (Å²) < 4.78 is 0. The minimum Gasteiger partial charge on any atom is -0.289 e. The quantitative estimate of drug-likeness (QED) is 0.104. The minimum atomic E-state index is -0.0625. The lowest BCUT2D eigenvalue weighted by Gasteiger charge is -2.16. The average molecular weight is 569 g/mol. The molecule has 1 atom stereocenters. The number of carbonyl (C=O) groups excluding carboxylic acids is 2. The Hall–Kier alpha value is -4.48. The molecule has 43 heavy (non-hydrogen) atoms. The highest BCUT2D eigenvalue weighted by molar-refractivity contribution is 6.08. The molecule has 0 amide bonds. The van der Waals surface area contributed by atoms with Gasteiger partial charge in [-0.2, -0.15) is 0 Å². The highest BCUT2D eigenvalue weighted by Crippen LogP contribution is 2.34. The van der Waals surface area contributed by atoms with Crippen molar-refractivity contribution in [3.8, 4) is 0 Å². The zero-order valence-electron chi connectivity index (χ0n) is 26.7. The van der Waals surface area contributed by atoms with Gasteiger partial charge >= 0.3 is 0 Å². The van der Waals surface area contributed by atoms with Crippen molar-refractivity contribution in [2.75, 3.05) is 0 Å². The summed E-state index contributed by atoms with van der Waals surface area (Å²) in [5, 5.41) is 0. The summed E-state index contributed by atoms with van der Waals surface area (Å²) >= 11 is 0. The van der Waals surface area contributed by atoms with E-state index in [0.29, 0.717) is 17.6 Å². The first-order chi connectivity index (χ1) is 20.5.